The molecule has 0 fully saturated rings. The summed E-state index contributed by atoms with van der Waals surface area (Å²) in [6.45, 7) is 3.76. The Morgan fingerprint density at radius 2 is 1.87 bits per heavy atom. The van der Waals surface area contributed by atoms with E-state index in [-0.39, 0.29) is 35.8 Å². The van der Waals surface area contributed by atoms with Crippen LogP contribution in [0.25, 0.3) is 0 Å². The second-order valence-corrected chi connectivity index (χ2v) is 5.28. The summed E-state index contributed by atoms with van der Waals surface area (Å²) >= 11 is 0. The predicted octanol–water partition coefficient (Wildman–Crippen LogP) is 1.25. The van der Waals surface area contributed by atoms with E-state index in [0.29, 0.717) is 17.7 Å². The number of hydrogen-bond donors (Lipinski definition) is 2. The molecule has 0 aliphatic heterocycles. The number of amides is 1. The number of nitrogens with zero attached hydrogens (tertiary/aromatic N) is 1. The molecule has 1 rings (SSSR count). The Kier molecular flexibility index (Phi) is 6.77. The summed E-state index contributed by atoms with van der Waals surface area (Å²) < 4.78 is 10.2. The number of hydrogen-bond acceptors (Lipinski definition) is 6. The molecule has 0 spiro atoms. The number of nitro groups is 1. The molecule has 0 bridgehead atoms. The summed E-state index contributed by atoms with van der Waals surface area (Å²) in [4.78, 5) is 22.6. The molecule has 8 nitrogen and oxygen atoms in total. The average Bonchev–Trinajstić information content (AvgIpc) is 2.52. The van der Waals surface area contributed by atoms with Gasteiger partial charge in [-0.25, -0.2) is 0 Å². The lowest BCUT2D eigenvalue weighted by Crippen LogP contribution is -2.39. The fourth-order valence-corrected chi connectivity index (χ4v) is 2.00. The molecule has 0 aromatic heterocycles. The minimum Gasteiger partial charge on any atom is -0.493 e. The lowest BCUT2D eigenvalue weighted by molar-refractivity contribution is -0.385. The topological polar surface area (TPSA) is 117 Å². The maximum atomic E-state index is 11.8. The molecular weight excluding hydrogens is 302 g/mol. The normalized spacial score (nSPS) is 13.1. The van der Waals surface area contributed by atoms with Gasteiger partial charge in [-0.2, -0.15) is 0 Å². The number of ether oxygens (including phenoxy) is 2. The van der Waals surface area contributed by atoms with Crippen molar-refractivity contribution < 1.29 is 19.2 Å². The van der Waals surface area contributed by atoms with Gasteiger partial charge in [0.15, 0.2) is 11.5 Å². The highest BCUT2D eigenvalue weighted by atomic mass is 16.6. The maximum Gasteiger partial charge on any atom is 0.276 e. The smallest absolute Gasteiger partial charge is 0.276 e. The van der Waals surface area contributed by atoms with Gasteiger partial charge in [0.1, 0.15) is 0 Å². The maximum absolute atomic E-state index is 11.8. The Bertz CT molecular complexity index is 574. The first-order valence-electron chi connectivity index (χ1n) is 7.24. The van der Waals surface area contributed by atoms with Crippen molar-refractivity contribution in [1.29, 1.82) is 0 Å². The van der Waals surface area contributed by atoms with Crippen LogP contribution in [0.3, 0.4) is 0 Å². The fraction of sp³-hybridized carbons (Fsp3) is 0.533. The van der Waals surface area contributed by atoms with Gasteiger partial charge in [0.2, 0.25) is 5.91 Å². The Hall–Kier alpha value is -2.35. The third kappa shape index (κ3) is 4.82. The molecule has 128 valence electrons. The molecule has 2 unspecified atom stereocenters. The summed E-state index contributed by atoms with van der Waals surface area (Å²) in [6, 6.07) is 2.61. The van der Waals surface area contributed by atoms with E-state index in [0.717, 1.165) is 0 Å². The van der Waals surface area contributed by atoms with Gasteiger partial charge in [0.05, 0.1) is 25.2 Å². The molecule has 1 amide bonds. The molecule has 23 heavy (non-hydrogen) atoms. The largest absolute Gasteiger partial charge is 0.493 e. The summed E-state index contributed by atoms with van der Waals surface area (Å²) in [5.74, 6) is 0.194. The van der Waals surface area contributed by atoms with Crippen molar-refractivity contribution in [3.8, 4) is 11.5 Å². The van der Waals surface area contributed by atoms with Gasteiger partial charge < -0.3 is 20.5 Å². The van der Waals surface area contributed by atoms with Gasteiger partial charge in [-0.1, -0.05) is 6.92 Å². The molecule has 0 aliphatic carbocycles. The van der Waals surface area contributed by atoms with E-state index in [2.05, 4.69) is 5.32 Å². The van der Waals surface area contributed by atoms with Crippen LogP contribution < -0.4 is 20.5 Å². The number of nitrogens with two attached hydrogens (primary N) is 1. The third-order valence-electron chi connectivity index (χ3n) is 3.68. The summed E-state index contributed by atoms with van der Waals surface area (Å²) in [7, 11) is 2.87. The molecule has 3 N–H and O–H groups in total. The minimum absolute atomic E-state index is 0.0721. The van der Waals surface area contributed by atoms with Gasteiger partial charge >= 0.3 is 0 Å². The highest BCUT2D eigenvalue weighted by Crippen LogP contribution is 2.34. The molecule has 0 saturated carbocycles. The van der Waals surface area contributed by atoms with Crippen molar-refractivity contribution in [2.75, 3.05) is 20.8 Å². The molecule has 8 heteroatoms. The van der Waals surface area contributed by atoms with Crippen LogP contribution in [-0.2, 0) is 11.2 Å². The Balaban J connectivity index is 2.87. The number of nitrogens with one attached hydrogen (secondary N) is 1. The van der Waals surface area contributed by atoms with Crippen molar-refractivity contribution in [1.82, 2.24) is 5.32 Å². The number of rotatable bonds is 8. The SMILES string of the molecule is COc1cc(CCNC(=O)C(C)C(C)N)c([N+](=O)[O-])cc1OC. The average molecular weight is 325 g/mol. The molecule has 0 heterocycles. The third-order valence-corrected chi connectivity index (χ3v) is 3.68. The number of methoxy groups -OCH3 is 2. The zero-order valence-electron chi connectivity index (χ0n) is 13.8. The van der Waals surface area contributed by atoms with E-state index in [4.69, 9.17) is 15.2 Å². The standard InChI is InChI=1S/C15H23N3O5/c1-9(10(2)16)15(19)17-6-5-11-7-13(22-3)14(23-4)8-12(11)18(20)21/h7-10H,5-6,16H2,1-4H3,(H,17,19). The monoisotopic (exact) mass is 325 g/mol. The van der Waals surface area contributed by atoms with E-state index in [1.54, 1.807) is 19.9 Å². The second kappa shape index (κ2) is 8.33. The van der Waals surface area contributed by atoms with E-state index >= 15 is 0 Å². The van der Waals surface area contributed by atoms with Crippen LogP contribution in [0.1, 0.15) is 19.4 Å². The summed E-state index contributed by atoms with van der Waals surface area (Å²) in [5.41, 5.74) is 6.06. The van der Waals surface area contributed by atoms with Gasteiger partial charge in [0.25, 0.3) is 5.69 Å². The van der Waals surface area contributed by atoms with Crippen molar-refractivity contribution in [3.05, 3.63) is 27.8 Å². The lowest BCUT2D eigenvalue weighted by Gasteiger charge is -2.15. The number of nitro benzene ring substituents is 1. The fourth-order valence-electron chi connectivity index (χ4n) is 2.00. The van der Waals surface area contributed by atoms with E-state index in [1.807, 2.05) is 0 Å². The second-order valence-electron chi connectivity index (χ2n) is 5.28. The molecule has 0 saturated heterocycles. The Morgan fingerprint density at radius 1 is 1.30 bits per heavy atom. The summed E-state index contributed by atoms with van der Waals surface area (Å²) in [5, 5.41) is 13.9. The predicted molar refractivity (Wildman–Crippen MR) is 85.7 cm³/mol. The highest BCUT2D eigenvalue weighted by molar-refractivity contribution is 5.78. The summed E-state index contributed by atoms with van der Waals surface area (Å²) in [6.07, 6.45) is 0.300. The number of carbonyl (C=O) groups excluding carboxylic acids is 1. The first-order chi connectivity index (χ1) is 10.8. The van der Waals surface area contributed by atoms with Crippen LogP contribution in [0.2, 0.25) is 0 Å². The number of benzene rings is 1. The number of carbonyl (C=O) groups is 1. The van der Waals surface area contributed by atoms with Gasteiger partial charge in [-0.3, -0.25) is 14.9 Å². The van der Waals surface area contributed by atoms with Gasteiger partial charge in [-0.05, 0) is 19.4 Å². The zero-order valence-corrected chi connectivity index (χ0v) is 13.8. The van der Waals surface area contributed by atoms with E-state index < -0.39 is 4.92 Å². The highest BCUT2D eigenvalue weighted by Gasteiger charge is 2.20. The van der Waals surface area contributed by atoms with Crippen LogP contribution in [0.4, 0.5) is 5.69 Å². The van der Waals surface area contributed by atoms with Crippen LogP contribution in [0.15, 0.2) is 12.1 Å². The van der Waals surface area contributed by atoms with Crippen molar-refractivity contribution in [2.24, 2.45) is 11.7 Å². The van der Waals surface area contributed by atoms with Crippen LogP contribution >= 0.6 is 0 Å². The Morgan fingerprint density at radius 3 is 2.35 bits per heavy atom. The molecular formula is C15H23N3O5. The van der Waals surface area contributed by atoms with Crippen molar-refractivity contribution in [3.63, 3.8) is 0 Å². The van der Waals surface area contributed by atoms with Crippen LogP contribution in [0.5, 0.6) is 11.5 Å². The van der Waals surface area contributed by atoms with Crippen molar-refractivity contribution in [2.45, 2.75) is 26.3 Å². The first kappa shape index (κ1) is 18.7. The van der Waals surface area contributed by atoms with E-state index in [1.165, 1.54) is 20.3 Å². The minimum atomic E-state index is -0.482. The molecule has 0 aliphatic rings. The Labute approximate surface area is 135 Å². The van der Waals surface area contributed by atoms with E-state index in [9.17, 15) is 14.9 Å². The van der Waals surface area contributed by atoms with Crippen LogP contribution in [0, 0.1) is 16.0 Å². The van der Waals surface area contributed by atoms with Gasteiger partial charge in [-0.15, -0.1) is 0 Å². The zero-order chi connectivity index (χ0) is 17.6. The molecule has 1 aromatic rings. The quantitative estimate of drug-likeness (QED) is 0.549. The first-order valence-corrected chi connectivity index (χ1v) is 7.24. The van der Waals surface area contributed by atoms with Crippen LogP contribution in [-0.4, -0.2) is 37.6 Å². The molecule has 1 aromatic carbocycles. The van der Waals surface area contributed by atoms with Crippen molar-refractivity contribution >= 4 is 11.6 Å². The lowest BCUT2D eigenvalue weighted by atomic mass is 10.0. The molecule has 0 radical (unpaired) electrons. The molecule has 2 atom stereocenters. The van der Waals surface area contributed by atoms with Gasteiger partial charge in [0, 0.05) is 24.1 Å².